The first-order chi connectivity index (χ1) is 11.5. The Morgan fingerprint density at radius 2 is 1.88 bits per heavy atom. The fourth-order valence-electron chi connectivity index (χ4n) is 2.11. The molecule has 1 aromatic carbocycles. The van der Waals surface area contributed by atoms with Crippen LogP contribution in [-0.4, -0.2) is 45.0 Å². The molecule has 0 bridgehead atoms. The maximum absolute atomic E-state index is 12.0. The van der Waals surface area contributed by atoms with E-state index in [0.717, 1.165) is 16.6 Å². The van der Waals surface area contributed by atoms with E-state index >= 15 is 0 Å². The summed E-state index contributed by atoms with van der Waals surface area (Å²) in [4.78, 5) is 16.5. The van der Waals surface area contributed by atoms with Gasteiger partial charge >= 0.3 is 167 Å². The maximum atomic E-state index is 12.0. The van der Waals surface area contributed by atoms with E-state index < -0.39 is 11.7 Å². The van der Waals surface area contributed by atoms with Gasteiger partial charge in [0.1, 0.15) is 0 Å². The Labute approximate surface area is 167 Å². The molecule has 0 saturated heterocycles. The molecule has 0 fully saturated rings. The van der Waals surface area contributed by atoms with Crippen molar-refractivity contribution < 1.29 is 9.53 Å². The van der Waals surface area contributed by atoms with Gasteiger partial charge in [0.25, 0.3) is 0 Å². The van der Waals surface area contributed by atoms with E-state index in [1.807, 2.05) is 45.0 Å². The molecule has 1 aromatic rings. The van der Waals surface area contributed by atoms with Crippen LogP contribution in [0.25, 0.3) is 0 Å². The number of anilines is 1. The average molecular weight is 476 g/mol. The first-order valence-corrected chi connectivity index (χ1v) is 9.93. The topological polar surface area (TPSA) is 62.7 Å². The van der Waals surface area contributed by atoms with Crippen molar-refractivity contribution in [2.75, 3.05) is 11.9 Å². The fraction of sp³-hybridized carbons (Fsp3) is 0.556. The molecular weight excluding hydrogens is 449 g/mol. The minimum atomic E-state index is -0.511. The molecule has 2 N–H and O–H groups in total. The molecule has 0 heterocycles. The standard InChI is InChI=1S/C18H27BrN3O2Se/c1-12(2)10-15(22-17(23)24-18(3,4)5)11-20-16(25)21-14-8-6-13(19)7-9-14/h6-9,12,15H,10-11H2,1-5H3,(H,20,21)(H,22,23). The summed E-state index contributed by atoms with van der Waals surface area (Å²) in [7, 11) is 0. The molecule has 1 radical (unpaired) electrons. The monoisotopic (exact) mass is 476 g/mol. The van der Waals surface area contributed by atoms with Gasteiger partial charge < -0.3 is 0 Å². The Morgan fingerprint density at radius 3 is 2.40 bits per heavy atom. The molecule has 139 valence electrons. The molecule has 25 heavy (non-hydrogen) atoms. The summed E-state index contributed by atoms with van der Waals surface area (Å²) in [5, 5.41) is 6.11. The Morgan fingerprint density at radius 1 is 1.28 bits per heavy atom. The van der Waals surface area contributed by atoms with Gasteiger partial charge in [-0.2, -0.15) is 0 Å². The van der Waals surface area contributed by atoms with Crippen LogP contribution < -0.4 is 10.6 Å². The molecule has 0 aliphatic carbocycles. The summed E-state index contributed by atoms with van der Waals surface area (Å²) in [5.41, 5.74) is 0.434. The van der Waals surface area contributed by atoms with Crippen molar-refractivity contribution >= 4 is 48.5 Å². The van der Waals surface area contributed by atoms with E-state index in [4.69, 9.17) is 4.74 Å². The van der Waals surface area contributed by atoms with Gasteiger partial charge in [0.15, 0.2) is 0 Å². The predicted octanol–water partition coefficient (Wildman–Crippen LogP) is 4.32. The van der Waals surface area contributed by atoms with Crippen molar-refractivity contribution in [3.8, 4) is 0 Å². The third kappa shape index (κ3) is 10.5. The summed E-state index contributed by atoms with van der Waals surface area (Å²) >= 11 is 6.33. The first kappa shape index (κ1) is 22.0. The number of halogens is 1. The Bertz CT molecular complexity index is 583. The van der Waals surface area contributed by atoms with E-state index in [2.05, 4.69) is 61.4 Å². The van der Waals surface area contributed by atoms with Crippen LogP contribution in [-0.2, 0) is 4.74 Å². The van der Waals surface area contributed by atoms with Gasteiger partial charge in [0.05, 0.1) is 0 Å². The van der Waals surface area contributed by atoms with Crippen molar-refractivity contribution in [3.05, 3.63) is 28.7 Å². The van der Waals surface area contributed by atoms with Crippen LogP contribution in [0.3, 0.4) is 0 Å². The molecule has 1 amide bonds. The molecule has 1 atom stereocenters. The summed E-state index contributed by atoms with van der Waals surface area (Å²) in [6, 6.07) is 7.76. The third-order valence-corrected chi connectivity index (χ3v) is 4.04. The second kappa shape index (κ2) is 10.2. The molecule has 0 aliphatic heterocycles. The van der Waals surface area contributed by atoms with Crippen molar-refractivity contribution in [1.82, 2.24) is 5.32 Å². The molecule has 0 aliphatic rings. The zero-order chi connectivity index (χ0) is 19.0. The van der Waals surface area contributed by atoms with Crippen molar-refractivity contribution in [1.29, 1.82) is 0 Å². The van der Waals surface area contributed by atoms with Crippen molar-refractivity contribution in [2.45, 2.75) is 52.7 Å². The second-order valence-corrected chi connectivity index (χ2v) is 8.98. The van der Waals surface area contributed by atoms with Gasteiger partial charge in [-0.05, 0) is 0 Å². The SMILES string of the molecule is CC(C)CC(CN=C([Se])Nc1ccc(Br)cc1)NC(=O)OC(C)(C)C. The number of amides is 1. The number of hydrogen-bond donors (Lipinski definition) is 2. The van der Waals surface area contributed by atoms with E-state index in [1.165, 1.54) is 0 Å². The zero-order valence-corrected chi connectivity index (χ0v) is 18.7. The number of benzene rings is 1. The van der Waals surface area contributed by atoms with Gasteiger partial charge in [-0.3, -0.25) is 0 Å². The molecular formula is C18H27BrN3O2Se. The van der Waals surface area contributed by atoms with Crippen LogP contribution >= 0.6 is 15.9 Å². The van der Waals surface area contributed by atoms with Gasteiger partial charge in [-0.15, -0.1) is 0 Å². The number of nitrogens with one attached hydrogen (secondary N) is 2. The van der Waals surface area contributed by atoms with Gasteiger partial charge in [-0.25, -0.2) is 0 Å². The van der Waals surface area contributed by atoms with E-state index in [-0.39, 0.29) is 6.04 Å². The zero-order valence-electron chi connectivity index (χ0n) is 15.4. The number of ether oxygens (including phenoxy) is 1. The van der Waals surface area contributed by atoms with Crippen LogP contribution in [0.1, 0.15) is 41.0 Å². The van der Waals surface area contributed by atoms with Crippen LogP contribution in [0.5, 0.6) is 0 Å². The molecule has 0 spiro atoms. The summed E-state index contributed by atoms with van der Waals surface area (Å²) < 4.78 is 7.04. The second-order valence-electron chi connectivity index (χ2n) is 7.25. The molecule has 0 aromatic heterocycles. The minimum absolute atomic E-state index is 0.0788. The van der Waals surface area contributed by atoms with Crippen molar-refractivity contribution in [3.63, 3.8) is 0 Å². The Hall–Kier alpha value is -1.04. The normalized spacial score (nSPS) is 13.5. The number of carbonyl (C=O) groups is 1. The molecule has 1 rings (SSSR count). The summed E-state index contributed by atoms with van der Waals surface area (Å²) in [6.07, 6.45) is 0.421. The van der Waals surface area contributed by atoms with Gasteiger partial charge in [0.2, 0.25) is 0 Å². The number of carbonyl (C=O) groups excluding carboxylic acids is 1. The number of aliphatic imine (C=N–C) groups is 1. The van der Waals surface area contributed by atoms with E-state index in [0.29, 0.717) is 17.2 Å². The summed E-state index contributed by atoms with van der Waals surface area (Å²) in [6.45, 7) is 10.3. The van der Waals surface area contributed by atoms with E-state index in [1.54, 1.807) is 0 Å². The molecule has 1 unspecified atom stereocenters. The van der Waals surface area contributed by atoms with Gasteiger partial charge in [-0.1, -0.05) is 0 Å². The predicted molar refractivity (Wildman–Crippen MR) is 108 cm³/mol. The number of alkyl carbamates (subject to hydrolysis) is 1. The molecule has 5 nitrogen and oxygen atoms in total. The first-order valence-electron chi connectivity index (χ1n) is 8.28. The third-order valence-electron chi connectivity index (χ3n) is 3.03. The fourth-order valence-corrected chi connectivity index (χ4v) is 2.78. The Balaban J connectivity index is 2.63. The molecule has 0 saturated carbocycles. The average Bonchev–Trinajstić information content (AvgIpc) is 2.44. The van der Waals surface area contributed by atoms with E-state index in [9.17, 15) is 4.79 Å². The molecule has 7 heteroatoms. The number of nitrogens with zero attached hydrogens (tertiary/aromatic N) is 1. The number of amidine groups is 1. The van der Waals surface area contributed by atoms with Gasteiger partial charge in [0, 0.05) is 0 Å². The van der Waals surface area contributed by atoms with Crippen LogP contribution in [0.2, 0.25) is 0 Å². The van der Waals surface area contributed by atoms with Crippen LogP contribution in [0.4, 0.5) is 10.5 Å². The number of rotatable bonds is 6. The summed E-state index contributed by atoms with van der Waals surface area (Å²) in [5.74, 6) is 0.443. The quantitative estimate of drug-likeness (QED) is 0.365. The number of hydrogen-bond acceptors (Lipinski definition) is 3. The van der Waals surface area contributed by atoms with Crippen molar-refractivity contribution in [2.24, 2.45) is 10.9 Å². The van der Waals surface area contributed by atoms with Crippen LogP contribution in [0, 0.1) is 5.92 Å². The Kier molecular flexibility index (Phi) is 8.97. The van der Waals surface area contributed by atoms with Crippen LogP contribution in [0.15, 0.2) is 33.7 Å².